The summed E-state index contributed by atoms with van der Waals surface area (Å²) in [4.78, 5) is 68.9. The first-order chi connectivity index (χ1) is 43.4. The minimum Gasteiger partial charge on any atom is -0.492 e. The summed E-state index contributed by atoms with van der Waals surface area (Å²) in [6.45, 7) is 11.8. The number of pyridine rings is 2. The van der Waals surface area contributed by atoms with Gasteiger partial charge in [-0.05, 0) is 112 Å². The molecule has 0 bridgehead atoms. The number of aryl methyl sites for hydroxylation is 2. The normalized spacial score (nSPS) is 17.1. The lowest BCUT2D eigenvalue weighted by molar-refractivity contribution is 0.0637. The van der Waals surface area contributed by atoms with E-state index in [1.54, 1.807) is 24.8 Å². The van der Waals surface area contributed by atoms with Crippen LogP contribution < -0.4 is 31.4 Å². The van der Waals surface area contributed by atoms with E-state index < -0.39 is 0 Å². The molecule has 6 aliphatic rings. The summed E-state index contributed by atoms with van der Waals surface area (Å²) in [5.41, 5.74) is 29.7. The molecule has 5 aromatic heterocycles. The maximum absolute atomic E-state index is 13.3. The first-order valence-electron chi connectivity index (χ1n) is 30.4. The molecule has 456 valence electrons. The van der Waals surface area contributed by atoms with Crippen molar-refractivity contribution in [3.8, 4) is 49.0 Å². The van der Waals surface area contributed by atoms with E-state index in [0.29, 0.717) is 71.3 Å². The average molecular weight is 1250 g/mol. The molecule has 6 N–H and O–H groups in total. The second-order valence-electron chi connectivity index (χ2n) is 23.9. The number of hydrogen-bond acceptors (Lipinski definition) is 17. The van der Waals surface area contributed by atoms with Crippen LogP contribution in [0.15, 0.2) is 139 Å². The van der Waals surface area contributed by atoms with Crippen molar-refractivity contribution >= 4 is 51.7 Å². The number of rotatable bonds is 9. The fourth-order valence-electron chi connectivity index (χ4n) is 13.2. The maximum Gasteiger partial charge on any atom is 0.273 e. The standard InChI is InChI=1S/C24H25N3O2S.C23H24N4O2S.C22H22N4O2S/c1-16-21(30-22(26-16)18-5-3-2-4-6-18)23(28)27-11-9-24(10-12-27)15-29-20-8-7-17(14-25)13-19(20)24;1-15-20(30-21(26-15)17-3-2-8-25-13-17)22(28)27-9-6-23(7-10-27)14-29-19-5-4-16(12-24)11-18(19)23;23-12-15-1-2-19-17(11-15)22(14-28-19)5-9-26(10-6-22)21(27)18-13-29-20(25-18)16-3-7-24-8-4-16/h2-8,13H,9-12,14-15,25H2,1H3;2-5,8,11,13H,6-7,9-10,12,14,24H2,1H3;1-4,7-8,11,13H,5-6,9-10,12,14,23H2. The summed E-state index contributed by atoms with van der Waals surface area (Å²) in [7, 11) is 0. The lowest BCUT2D eigenvalue weighted by Crippen LogP contribution is -2.46. The van der Waals surface area contributed by atoms with Crippen LogP contribution in [-0.2, 0) is 35.9 Å². The number of ether oxygens (including phenoxy) is 3. The predicted octanol–water partition coefficient (Wildman–Crippen LogP) is 10.9. The summed E-state index contributed by atoms with van der Waals surface area (Å²) < 4.78 is 17.9. The highest BCUT2D eigenvalue weighted by Crippen LogP contribution is 2.49. The number of fused-ring (bicyclic) bond motifs is 6. The van der Waals surface area contributed by atoms with E-state index >= 15 is 0 Å². The van der Waals surface area contributed by atoms with Gasteiger partial charge in [0.15, 0.2) is 0 Å². The number of thiazole rings is 3. The third-order valence-electron chi connectivity index (χ3n) is 18.6. The number of carbonyl (C=O) groups is 3. The highest BCUT2D eigenvalue weighted by atomic mass is 32.1. The smallest absolute Gasteiger partial charge is 0.273 e. The van der Waals surface area contributed by atoms with Crippen molar-refractivity contribution in [2.75, 3.05) is 59.1 Å². The van der Waals surface area contributed by atoms with Gasteiger partial charge in [0.05, 0.1) is 31.2 Å². The summed E-state index contributed by atoms with van der Waals surface area (Å²) in [6, 6.07) is 36.5. The van der Waals surface area contributed by atoms with Crippen LogP contribution in [0, 0.1) is 13.8 Å². The Morgan fingerprint density at radius 1 is 0.472 bits per heavy atom. The summed E-state index contributed by atoms with van der Waals surface area (Å²) in [6.07, 6.45) is 12.4. The van der Waals surface area contributed by atoms with Gasteiger partial charge in [-0.15, -0.1) is 34.0 Å². The van der Waals surface area contributed by atoms with Crippen LogP contribution in [0.1, 0.15) is 113 Å². The Morgan fingerprint density at radius 2 is 0.888 bits per heavy atom. The van der Waals surface area contributed by atoms with Gasteiger partial charge in [-0.1, -0.05) is 66.7 Å². The number of piperidine rings is 3. The zero-order valence-corrected chi connectivity index (χ0v) is 52.4. The van der Waals surface area contributed by atoms with Gasteiger partial charge in [0, 0.05) is 139 Å². The van der Waals surface area contributed by atoms with E-state index in [0.717, 1.165) is 138 Å². The van der Waals surface area contributed by atoms with Gasteiger partial charge in [-0.2, -0.15) is 0 Å². The van der Waals surface area contributed by atoms with E-state index in [4.69, 9.17) is 31.4 Å². The zero-order valence-electron chi connectivity index (χ0n) is 50.0. The van der Waals surface area contributed by atoms with Crippen LogP contribution in [0.4, 0.5) is 0 Å². The monoisotopic (exact) mass is 1250 g/mol. The van der Waals surface area contributed by atoms with Crippen molar-refractivity contribution in [3.63, 3.8) is 0 Å². The van der Waals surface area contributed by atoms with Crippen LogP contribution in [0.5, 0.6) is 17.2 Å². The third kappa shape index (κ3) is 11.8. The van der Waals surface area contributed by atoms with Gasteiger partial charge in [0.25, 0.3) is 17.7 Å². The predicted molar refractivity (Wildman–Crippen MR) is 348 cm³/mol. The van der Waals surface area contributed by atoms with E-state index in [9.17, 15) is 14.4 Å². The SMILES string of the molecule is Cc1nc(-c2ccccc2)sc1C(=O)N1CCC2(CC1)COc1ccc(CN)cc12.Cc1nc(-c2cccnc2)sc1C(=O)N1CCC2(CC1)COc1ccc(CN)cc12.NCc1ccc2c(c1)C1(CCN(C(=O)c3csc(-c4ccncc4)n3)CC1)CO2. The van der Waals surface area contributed by atoms with Gasteiger partial charge in [0.1, 0.15) is 47.7 Å². The molecule has 4 aromatic carbocycles. The average Bonchev–Trinajstić information content (AvgIpc) is 1.84. The molecule has 3 fully saturated rings. The van der Waals surface area contributed by atoms with Crippen LogP contribution in [0.3, 0.4) is 0 Å². The first kappa shape index (κ1) is 59.7. The van der Waals surface area contributed by atoms with Gasteiger partial charge >= 0.3 is 0 Å². The van der Waals surface area contributed by atoms with Crippen LogP contribution >= 0.6 is 34.0 Å². The third-order valence-corrected chi connectivity index (χ3v) is 21.9. The molecule has 3 saturated heterocycles. The molecule has 0 aliphatic carbocycles. The van der Waals surface area contributed by atoms with Gasteiger partial charge < -0.3 is 46.1 Å². The topological polar surface area (TPSA) is 231 Å². The van der Waals surface area contributed by atoms with Crippen LogP contribution in [0.25, 0.3) is 31.7 Å². The van der Waals surface area contributed by atoms with E-state index in [2.05, 4.69) is 43.1 Å². The molecule has 0 radical (unpaired) electrons. The Bertz CT molecular complexity index is 3860. The Hall–Kier alpha value is -8.24. The Labute approximate surface area is 529 Å². The number of nitrogens with zero attached hydrogens (tertiary/aromatic N) is 8. The second kappa shape index (κ2) is 25.3. The van der Waals surface area contributed by atoms with Crippen LogP contribution in [-0.4, -0.2) is 116 Å². The molecule has 3 amide bonds. The molecular weight excluding hydrogens is 1180 g/mol. The van der Waals surface area contributed by atoms with Gasteiger partial charge in [-0.25, -0.2) is 15.0 Å². The van der Waals surface area contributed by atoms with Crippen molar-refractivity contribution in [1.82, 2.24) is 39.6 Å². The second-order valence-corrected chi connectivity index (χ2v) is 26.8. The summed E-state index contributed by atoms with van der Waals surface area (Å²) >= 11 is 4.43. The molecule has 11 heterocycles. The van der Waals surface area contributed by atoms with Crippen molar-refractivity contribution in [1.29, 1.82) is 0 Å². The van der Waals surface area contributed by atoms with E-state index in [1.807, 2.05) is 125 Å². The van der Waals surface area contributed by atoms with Gasteiger partial charge in [-0.3, -0.25) is 24.4 Å². The van der Waals surface area contributed by atoms with Crippen molar-refractivity contribution < 1.29 is 28.6 Å². The number of carbonyl (C=O) groups excluding carboxylic acids is 3. The molecule has 17 nitrogen and oxygen atoms in total. The highest BCUT2D eigenvalue weighted by molar-refractivity contribution is 7.17. The fraction of sp³-hybridized carbons (Fsp3) is 0.333. The Kier molecular flexibility index (Phi) is 17.0. The minimum absolute atomic E-state index is 0.00473. The maximum atomic E-state index is 13.3. The number of benzene rings is 4. The van der Waals surface area contributed by atoms with E-state index in [-0.39, 0.29) is 34.0 Å². The molecule has 9 aromatic rings. The number of likely N-dealkylation sites (tertiary alicyclic amines) is 3. The van der Waals surface area contributed by atoms with Crippen molar-refractivity contribution in [2.45, 2.75) is 88.3 Å². The molecule has 0 saturated carbocycles. The largest absolute Gasteiger partial charge is 0.492 e. The number of nitrogens with two attached hydrogens (primary N) is 3. The molecule has 0 unspecified atom stereocenters. The number of amides is 3. The van der Waals surface area contributed by atoms with Crippen molar-refractivity contribution in [3.05, 3.63) is 200 Å². The molecule has 89 heavy (non-hydrogen) atoms. The first-order valence-corrected chi connectivity index (χ1v) is 32.9. The highest BCUT2D eigenvalue weighted by Gasteiger charge is 2.47. The molecule has 0 atom stereocenters. The fourth-order valence-corrected chi connectivity index (χ4v) is 16.1. The molecule has 20 heteroatoms. The Morgan fingerprint density at radius 3 is 1.31 bits per heavy atom. The minimum atomic E-state index is -0.0130. The number of hydrogen-bond donors (Lipinski definition) is 3. The molecule has 6 aliphatic heterocycles. The molecule has 3 spiro atoms. The van der Waals surface area contributed by atoms with Crippen LogP contribution in [0.2, 0.25) is 0 Å². The zero-order chi connectivity index (χ0) is 61.3. The molecular formula is C69H71N11O6S3. The molecule has 15 rings (SSSR count). The Balaban J connectivity index is 0.000000123. The van der Waals surface area contributed by atoms with Crippen molar-refractivity contribution in [2.24, 2.45) is 17.2 Å². The number of aromatic nitrogens is 5. The summed E-state index contributed by atoms with van der Waals surface area (Å²) in [5, 5.41) is 4.43. The lowest BCUT2D eigenvalue weighted by Gasteiger charge is -2.38. The van der Waals surface area contributed by atoms with Gasteiger partial charge in [0.2, 0.25) is 0 Å². The quantitative estimate of drug-likeness (QED) is 0.122. The lowest BCUT2D eigenvalue weighted by atomic mass is 9.74. The summed E-state index contributed by atoms with van der Waals surface area (Å²) in [5.74, 6) is 3.07. The van der Waals surface area contributed by atoms with E-state index in [1.165, 1.54) is 50.7 Å².